The van der Waals surface area contributed by atoms with Crippen LogP contribution in [0.5, 0.6) is 0 Å². The van der Waals surface area contributed by atoms with E-state index in [-0.39, 0.29) is 24.3 Å². The summed E-state index contributed by atoms with van der Waals surface area (Å²) >= 11 is 0. The molecule has 0 saturated heterocycles. The van der Waals surface area contributed by atoms with E-state index in [1.807, 2.05) is 0 Å². The molecule has 0 bridgehead atoms. The summed E-state index contributed by atoms with van der Waals surface area (Å²) < 4.78 is 0. The predicted molar refractivity (Wildman–Crippen MR) is 60.2 cm³/mol. The second kappa shape index (κ2) is 8.03. The molecule has 0 aromatic heterocycles. The van der Waals surface area contributed by atoms with Crippen molar-refractivity contribution in [3.63, 3.8) is 0 Å². The zero-order valence-corrected chi connectivity index (χ0v) is 9.80. The van der Waals surface area contributed by atoms with E-state index in [0.29, 0.717) is 11.6 Å². The summed E-state index contributed by atoms with van der Waals surface area (Å²) in [5, 5.41) is 20.8. The van der Waals surface area contributed by atoms with Gasteiger partial charge in [0.25, 0.3) is 0 Å². The third-order valence-corrected chi connectivity index (χ3v) is 1.79. The van der Waals surface area contributed by atoms with Gasteiger partial charge in [0.15, 0.2) is 0 Å². The van der Waals surface area contributed by atoms with E-state index in [1.54, 1.807) is 30.3 Å². The van der Waals surface area contributed by atoms with Crippen LogP contribution in [0.3, 0.4) is 0 Å². The van der Waals surface area contributed by atoms with Crippen LogP contribution in [-0.4, -0.2) is 11.9 Å². The number of benzene rings is 1. The second-order valence-corrected chi connectivity index (χ2v) is 2.94. The predicted octanol–water partition coefficient (Wildman–Crippen LogP) is -0.592. The maximum absolute atomic E-state index is 10.6. The molecular weight excluding hydrogens is 224 g/mol. The van der Waals surface area contributed by atoms with Crippen LogP contribution in [0, 0.1) is 0 Å². The molecule has 0 saturated carbocycles. The molecule has 0 spiro atoms. The molecule has 0 amide bonds. The summed E-state index contributed by atoms with van der Waals surface area (Å²) in [5.74, 6) is -3.03. The lowest BCUT2D eigenvalue weighted by atomic mass is 10.1. The Kier molecular flexibility index (Phi) is 8.13. The SMILES string of the molecule is O=C([O-])/C=C(/Cc1ccccc1)C(=O)[O-].[NH4+].[NH4+]. The van der Waals surface area contributed by atoms with Gasteiger partial charge in [-0.1, -0.05) is 30.3 Å². The van der Waals surface area contributed by atoms with E-state index in [1.165, 1.54) is 0 Å². The lowest BCUT2D eigenvalue weighted by Gasteiger charge is -2.09. The van der Waals surface area contributed by atoms with Crippen LogP contribution in [0.15, 0.2) is 42.0 Å². The molecule has 1 rings (SSSR count). The van der Waals surface area contributed by atoms with Crippen LogP contribution in [-0.2, 0) is 16.0 Å². The van der Waals surface area contributed by atoms with Gasteiger partial charge in [-0.25, -0.2) is 0 Å². The zero-order chi connectivity index (χ0) is 11.3. The van der Waals surface area contributed by atoms with Crippen LogP contribution in [0.4, 0.5) is 0 Å². The van der Waals surface area contributed by atoms with Crippen molar-refractivity contribution in [2.45, 2.75) is 6.42 Å². The normalized spacial score (nSPS) is 9.76. The molecule has 6 nitrogen and oxygen atoms in total. The van der Waals surface area contributed by atoms with E-state index in [2.05, 4.69) is 0 Å². The highest BCUT2D eigenvalue weighted by Gasteiger charge is 2.00. The number of hydrogen-bond acceptors (Lipinski definition) is 4. The highest BCUT2D eigenvalue weighted by molar-refractivity contribution is 5.93. The Hall–Kier alpha value is -2.18. The maximum Gasteiger partial charge on any atom is 0.0678 e. The number of carbonyl (C=O) groups is 2. The highest BCUT2D eigenvalue weighted by atomic mass is 16.4. The lowest BCUT2D eigenvalue weighted by Crippen LogP contribution is -2.28. The number of quaternary nitrogens is 2. The first kappa shape index (κ1) is 17.2. The van der Waals surface area contributed by atoms with Crippen molar-refractivity contribution >= 4 is 11.9 Å². The van der Waals surface area contributed by atoms with E-state index in [0.717, 1.165) is 0 Å². The molecule has 1 aromatic rings. The fraction of sp³-hybridized carbons (Fsp3) is 0.0909. The van der Waals surface area contributed by atoms with Crippen molar-refractivity contribution in [1.29, 1.82) is 0 Å². The van der Waals surface area contributed by atoms with Crippen LogP contribution >= 0.6 is 0 Å². The van der Waals surface area contributed by atoms with Gasteiger partial charge in [-0.05, 0) is 23.6 Å². The number of aliphatic carboxylic acids is 2. The van der Waals surface area contributed by atoms with E-state index >= 15 is 0 Å². The molecular formula is C11H16N2O4. The number of rotatable bonds is 4. The van der Waals surface area contributed by atoms with Gasteiger partial charge in [-0.2, -0.15) is 0 Å². The summed E-state index contributed by atoms with van der Waals surface area (Å²) in [6, 6.07) is 8.66. The zero-order valence-electron chi connectivity index (χ0n) is 9.80. The minimum atomic E-state index is -1.54. The van der Waals surface area contributed by atoms with Gasteiger partial charge in [-0.3, -0.25) is 0 Å². The average Bonchev–Trinajstić information content (AvgIpc) is 2.17. The molecule has 94 valence electrons. The van der Waals surface area contributed by atoms with Crippen molar-refractivity contribution < 1.29 is 19.8 Å². The largest absolute Gasteiger partial charge is 0.545 e. The Morgan fingerprint density at radius 3 is 2.00 bits per heavy atom. The summed E-state index contributed by atoms with van der Waals surface area (Å²) in [5.41, 5.74) is 0.399. The number of carboxylic acids is 2. The van der Waals surface area contributed by atoms with Crippen LogP contribution < -0.4 is 22.5 Å². The minimum Gasteiger partial charge on any atom is -0.545 e. The van der Waals surface area contributed by atoms with Gasteiger partial charge in [0, 0.05) is 0 Å². The van der Waals surface area contributed by atoms with E-state index in [9.17, 15) is 19.8 Å². The molecule has 0 heterocycles. The third-order valence-electron chi connectivity index (χ3n) is 1.79. The fourth-order valence-corrected chi connectivity index (χ4v) is 1.14. The van der Waals surface area contributed by atoms with Crippen LogP contribution in [0.25, 0.3) is 0 Å². The van der Waals surface area contributed by atoms with Gasteiger partial charge < -0.3 is 32.1 Å². The summed E-state index contributed by atoms with van der Waals surface area (Å²) in [6.45, 7) is 0. The average molecular weight is 240 g/mol. The molecule has 0 unspecified atom stereocenters. The van der Waals surface area contributed by atoms with Gasteiger partial charge in [0.05, 0.1) is 11.9 Å². The Bertz CT molecular complexity index is 401. The van der Waals surface area contributed by atoms with Crippen molar-refractivity contribution in [3.05, 3.63) is 47.5 Å². The van der Waals surface area contributed by atoms with Crippen molar-refractivity contribution in [2.75, 3.05) is 0 Å². The molecule has 8 N–H and O–H groups in total. The Balaban J connectivity index is 0. The Labute approximate surface area is 98.7 Å². The molecule has 0 aliphatic rings. The minimum absolute atomic E-state index is 0. The molecule has 1 aromatic carbocycles. The van der Waals surface area contributed by atoms with Crippen molar-refractivity contribution in [1.82, 2.24) is 12.3 Å². The van der Waals surface area contributed by atoms with Crippen LogP contribution in [0.1, 0.15) is 5.56 Å². The quantitative estimate of drug-likeness (QED) is 0.675. The topological polar surface area (TPSA) is 153 Å². The maximum atomic E-state index is 10.6. The lowest BCUT2D eigenvalue weighted by molar-refractivity contribution is -0.303. The van der Waals surface area contributed by atoms with Crippen molar-refractivity contribution in [2.24, 2.45) is 0 Å². The molecule has 0 fully saturated rings. The summed E-state index contributed by atoms with van der Waals surface area (Å²) in [6.07, 6.45) is 0.555. The van der Waals surface area contributed by atoms with Gasteiger partial charge >= 0.3 is 0 Å². The molecule has 0 radical (unpaired) electrons. The molecule has 0 aliphatic heterocycles. The van der Waals surface area contributed by atoms with Gasteiger partial charge in [0.1, 0.15) is 0 Å². The summed E-state index contributed by atoms with van der Waals surface area (Å²) in [7, 11) is 0. The smallest absolute Gasteiger partial charge is 0.0678 e. The molecule has 17 heavy (non-hydrogen) atoms. The highest BCUT2D eigenvalue weighted by Crippen LogP contribution is 2.06. The Morgan fingerprint density at radius 1 is 1.06 bits per heavy atom. The van der Waals surface area contributed by atoms with Crippen LogP contribution in [0.2, 0.25) is 0 Å². The first-order chi connectivity index (χ1) is 7.09. The number of carboxylic acid groups (broad SMARTS) is 2. The molecule has 0 atom stereocenters. The van der Waals surface area contributed by atoms with Crippen molar-refractivity contribution in [3.8, 4) is 0 Å². The second-order valence-electron chi connectivity index (χ2n) is 2.94. The first-order valence-electron chi connectivity index (χ1n) is 4.26. The van der Waals surface area contributed by atoms with Gasteiger partial charge in [0.2, 0.25) is 0 Å². The monoisotopic (exact) mass is 240 g/mol. The standard InChI is InChI=1S/C11H10O4.2H3N/c12-10(13)7-9(11(14)15)6-8-4-2-1-3-5-8;;/h1-5,7H,6H2,(H,12,13)(H,14,15);2*1H3/b9-7-;;. The summed E-state index contributed by atoms with van der Waals surface area (Å²) in [4.78, 5) is 20.8. The molecule has 0 aliphatic carbocycles. The van der Waals surface area contributed by atoms with E-state index in [4.69, 9.17) is 0 Å². The number of hydrogen-bond donors (Lipinski definition) is 2. The van der Waals surface area contributed by atoms with Gasteiger partial charge in [-0.15, -0.1) is 0 Å². The first-order valence-corrected chi connectivity index (χ1v) is 4.26. The third kappa shape index (κ3) is 6.08. The fourth-order valence-electron chi connectivity index (χ4n) is 1.14. The van der Waals surface area contributed by atoms with E-state index < -0.39 is 11.9 Å². The number of carbonyl (C=O) groups excluding carboxylic acids is 2. The Morgan fingerprint density at radius 2 is 1.59 bits per heavy atom. The molecule has 6 heteroatoms.